The minimum absolute atomic E-state index is 0.0953. The van der Waals surface area contributed by atoms with Gasteiger partial charge in [-0.25, -0.2) is 0 Å². The number of rotatable bonds is 4. The maximum absolute atomic E-state index is 12.2. The van der Waals surface area contributed by atoms with E-state index in [9.17, 15) is 4.79 Å². The lowest BCUT2D eigenvalue weighted by Crippen LogP contribution is -2.58. The van der Waals surface area contributed by atoms with Gasteiger partial charge in [0, 0.05) is 31.2 Å². The molecule has 4 atom stereocenters. The van der Waals surface area contributed by atoms with Gasteiger partial charge >= 0.3 is 5.97 Å². The largest absolute Gasteiger partial charge is 0.468 e. The average Bonchev–Trinajstić information content (AvgIpc) is 2.89. The molecule has 5 nitrogen and oxygen atoms in total. The summed E-state index contributed by atoms with van der Waals surface area (Å²) in [5, 5.41) is 3.40. The normalized spacial score (nSPS) is 38.6. The first-order valence-electron chi connectivity index (χ1n) is 8.23. The number of methoxy groups -OCH3 is 1. The molecule has 1 N–H and O–H groups in total. The summed E-state index contributed by atoms with van der Waals surface area (Å²) in [6.07, 6.45) is 2.83. The first kappa shape index (κ1) is 16.7. The van der Waals surface area contributed by atoms with Crippen molar-refractivity contribution in [1.82, 2.24) is 15.1 Å². The van der Waals surface area contributed by atoms with Crippen LogP contribution in [0, 0.1) is 0 Å². The van der Waals surface area contributed by atoms with Crippen LogP contribution in [0.15, 0.2) is 0 Å². The fourth-order valence-electron chi connectivity index (χ4n) is 4.03. The second-order valence-electron chi connectivity index (χ2n) is 6.82. The molecule has 0 aromatic rings. The topological polar surface area (TPSA) is 44.8 Å². The molecule has 2 fully saturated rings. The monoisotopic (exact) mass is 297 g/mol. The van der Waals surface area contributed by atoms with Gasteiger partial charge in [-0.15, -0.1) is 0 Å². The van der Waals surface area contributed by atoms with E-state index in [1.807, 2.05) is 0 Å². The third-order valence-electron chi connectivity index (χ3n) is 5.48. The van der Waals surface area contributed by atoms with Crippen LogP contribution in [0.2, 0.25) is 0 Å². The van der Waals surface area contributed by atoms with Gasteiger partial charge in [0.05, 0.1) is 7.11 Å². The summed E-state index contributed by atoms with van der Waals surface area (Å²) in [7, 11) is 3.70. The number of nitrogens with zero attached hydrogens (tertiary/aromatic N) is 2. The minimum atomic E-state index is -0.468. The minimum Gasteiger partial charge on any atom is -0.468 e. The van der Waals surface area contributed by atoms with Crippen LogP contribution in [0.5, 0.6) is 0 Å². The number of nitrogens with one attached hydrogen (secondary N) is 1. The van der Waals surface area contributed by atoms with E-state index in [1.54, 1.807) is 0 Å². The molecule has 5 heteroatoms. The maximum atomic E-state index is 12.2. The van der Waals surface area contributed by atoms with Crippen molar-refractivity contribution < 1.29 is 9.53 Å². The number of hydrogen-bond acceptors (Lipinski definition) is 5. The van der Waals surface area contributed by atoms with Crippen molar-refractivity contribution in [3.8, 4) is 0 Å². The molecule has 1 aliphatic heterocycles. The molecule has 0 bridgehead atoms. The molecular formula is C16H31N3O2. The highest BCUT2D eigenvalue weighted by atomic mass is 16.5. The van der Waals surface area contributed by atoms with Crippen molar-refractivity contribution in [2.24, 2.45) is 0 Å². The first-order chi connectivity index (χ1) is 9.93. The Bertz CT molecular complexity index is 365. The van der Waals surface area contributed by atoms with E-state index < -0.39 is 5.54 Å². The summed E-state index contributed by atoms with van der Waals surface area (Å²) in [6, 6.07) is 1.63. The molecule has 21 heavy (non-hydrogen) atoms. The van der Waals surface area contributed by atoms with Crippen molar-refractivity contribution in [2.75, 3.05) is 33.8 Å². The molecule has 0 amide bonds. The molecular weight excluding hydrogens is 266 g/mol. The zero-order chi connectivity index (χ0) is 15.6. The Morgan fingerprint density at radius 3 is 2.48 bits per heavy atom. The maximum Gasteiger partial charge on any atom is 0.326 e. The molecule has 122 valence electrons. The predicted molar refractivity (Wildman–Crippen MR) is 84.3 cm³/mol. The number of ether oxygens (including phenoxy) is 1. The fraction of sp³-hybridized carbons (Fsp3) is 0.938. The number of carbonyl (C=O) groups excluding carboxylic acids is 1. The van der Waals surface area contributed by atoms with Crippen molar-refractivity contribution in [3.05, 3.63) is 0 Å². The Kier molecular flexibility index (Phi) is 5.28. The van der Waals surface area contributed by atoms with Gasteiger partial charge in [-0.1, -0.05) is 6.92 Å². The van der Waals surface area contributed by atoms with Crippen LogP contribution in [-0.2, 0) is 9.53 Å². The van der Waals surface area contributed by atoms with Gasteiger partial charge in [-0.3, -0.25) is 14.6 Å². The summed E-state index contributed by atoms with van der Waals surface area (Å²) < 4.78 is 5.06. The van der Waals surface area contributed by atoms with E-state index in [0.29, 0.717) is 18.1 Å². The molecule has 4 unspecified atom stereocenters. The van der Waals surface area contributed by atoms with Gasteiger partial charge in [0.1, 0.15) is 5.54 Å². The van der Waals surface area contributed by atoms with Crippen LogP contribution >= 0.6 is 0 Å². The molecule has 0 aromatic carbocycles. The molecule has 0 aromatic heterocycles. The van der Waals surface area contributed by atoms with Gasteiger partial charge in [0.15, 0.2) is 0 Å². The molecule has 1 saturated heterocycles. The molecule has 1 aliphatic carbocycles. The zero-order valence-corrected chi connectivity index (χ0v) is 14.2. The quantitative estimate of drug-likeness (QED) is 0.787. The first-order valence-corrected chi connectivity index (χ1v) is 8.23. The molecule has 0 spiro atoms. The van der Waals surface area contributed by atoms with E-state index in [-0.39, 0.29) is 5.97 Å². The predicted octanol–water partition coefficient (Wildman–Crippen LogP) is 1.08. The van der Waals surface area contributed by atoms with E-state index in [4.69, 9.17) is 4.74 Å². The lowest BCUT2D eigenvalue weighted by Gasteiger charge is -2.45. The lowest BCUT2D eigenvalue weighted by molar-refractivity contribution is -0.148. The van der Waals surface area contributed by atoms with Crippen LogP contribution in [0.4, 0.5) is 0 Å². The number of piperazine rings is 1. The number of esters is 1. The molecule has 2 rings (SSSR count). The lowest BCUT2D eigenvalue weighted by atomic mass is 9.96. The third-order valence-corrected chi connectivity index (χ3v) is 5.48. The summed E-state index contributed by atoms with van der Waals surface area (Å²) in [4.78, 5) is 17.3. The van der Waals surface area contributed by atoms with Gasteiger partial charge in [-0.2, -0.15) is 0 Å². The molecule has 0 radical (unpaired) electrons. The highest BCUT2D eigenvalue weighted by Gasteiger charge is 2.48. The summed E-state index contributed by atoms with van der Waals surface area (Å²) in [5.41, 5.74) is -0.468. The molecule has 1 heterocycles. The van der Waals surface area contributed by atoms with Crippen LogP contribution in [0.3, 0.4) is 0 Å². The van der Waals surface area contributed by atoms with Crippen molar-refractivity contribution in [3.63, 3.8) is 0 Å². The van der Waals surface area contributed by atoms with Crippen LogP contribution in [0.1, 0.15) is 40.0 Å². The van der Waals surface area contributed by atoms with Crippen molar-refractivity contribution >= 4 is 5.97 Å². The Hall–Kier alpha value is -0.650. The van der Waals surface area contributed by atoms with Crippen LogP contribution in [0.25, 0.3) is 0 Å². The fourth-order valence-corrected chi connectivity index (χ4v) is 4.03. The second-order valence-corrected chi connectivity index (χ2v) is 6.82. The van der Waals surface area contributed by atoms with Gasteiger partial charge in [0.2, 0.25) is 0 Å². The van der Waals surface area contributed by atoms with Gasteiger partial charge in [0.25, 0.3) is 0 Å². The highest BCUT2D eigenvalue weighted by molar-refractivity contribution is 5.81. The highest BCUT2D eigenvalue weighted by Crippen LogP contribution is 2.35. The smallest absolute Gasteiger partial charge is 0.326 e. The number of carbonyl (C=O) groups is 1. The van der Waals surface area contributed by atoms with E-state index in [2.05, 4.69) is 42.9 Å². The standard InChI is InChI=1S/C16H31N3O2/c1-6-17-16(15(20)21-5)8-7-14(9-16)19-10-12(2)18(4)13(3)11-19/h12-14,17H,6-11H2,1-5H3. The Labute approximate surface area is 129 Å². The van der Waals surface area contributed by atoms with E-state index >= 15 is 0 Å². The van der Waals surface area contributed by atoms with Crippen molar-refractivity contribution in [2.45, 2.75) is 63.7 Å². The van der Waals surface area contributed by atoms with E-state index in [1.165, 1.54) is 7.11 Å². The zero-order valence-electron chi connectivity index (χ0n) is 14.2. The summed E-state index contributed by atoms with van der Waals surface area (Å²) >= 11 is 0. The molecule has 1 saturated carbocycles. The number of hydrogen-bond donors (Lipinski definition) is 1. The van der Waals surface area contributed by atoms with Crippen molar-refractivity contribution in [1.29, 1.82) is 0 Å². The molecule has 2 aliphatic rings. The van der Waals surface area contributed by atoms with Gasteiger partial charge < -0.3 is 10.1 Å². The SMILES string of the molecule is CCNC1(C(=O)OC)CCC(N2CC(C)N(C)C(C)C2)C1. The second kappa shape index (κ2) is 6.63. The van der Waals surface area contributed by atoms with Crippen LogP contribution < -0.4 is 5.32 Å². The summed E-state index contributed by atoms with van der Waals surface area (Å²) in [6.45, 7) is 9.62. The average molecular weight is 297 g/mol. The summed E-state index contributed by atoms with van der Waals surface area (Å²) in [5.74, 6) is -0.0953. The Morgan fingerprint density at radius 1 is 1.33 bits per heavy atom. The van der Waals surface area contributed by atoms with Crippen LogP contribution in [-0.4, -0.2) is 73.2 Å². The Balaban J connectivity index is 2.05. The van der Waals surface area contributed by atoms with E-state index in [0.717, 1.165) is 38.9 Å². The van der Waals surface area contributed by atoms with Gasteiger partial charge in [-0.05, 0) is 46.7 Å². The number of likely N-dealkylation sites (N-methyl/N-ethyl adjacent to an activating group) is 2. The Morgan fingerprint density at radius 2 is 1.95 bits per heavy atom. The third kappa shape index (κ3) is 3.25.